The van der Waals surface area contributed by atoms with E-state index >= 15 is 0 Å². The number of ether oxygens (including phenoxy) is 1. The highest BCUT2D eigenvalue weighted by Crippen LogP contribution is 2.31. The molecule has 0 radical (unpaired) electrons. The molecule has 0 unspecified atom stereocenters. The minimum absolute atomic E-state index is 0.238. The van der Waals surface area contributed by atoms with Gasteiger partial charge in [0.1, 0.15) is 5.75 Å². The van der Waals surface area contributed by atoms with Crippen LogP contribution in [0.15, 0.2) is 36.4 Å². The van der Waals surface area contributed by atoms with Crippen molar-refractivity contribution in [3.05, 3.63) is 52.5 Å². The monoisotopic (exact) mass is 290 g/mol. The molecule has 0 bridgehead atoms. The summed E-state index contributed by atoms with van der Waals surface area (Å²) < 4.78 is 5.44. The van der Waals surface area contributed by atoms with E-state index in [1.165, 1.54) is 6.07 Å². The molecule has 4 heteroatoms. The van der Waals surface area contributed by atoms with Crippen LogP contribution in [-0.2, 0) is 0 Å². The average molecular weight is 291 g/mol. The molecule has 0 saturated carbocycles. The van der Waals surface area contributed by atoms with Crippen molar-refractivity contribution in [2.45, 2.75) is 13.8 Å². The normalized spacial score (nSPS) is 10.3. The molecule has 0 aromatic heterocycles. The number of carboxylic acids is 1. The molecule has 0 amide bonds. The predicted octanol–water partition coefficient (Wildman–Crippen LogP) is 4.41. The maximum absolute atomic E-state index is 11.3. The van der Waals surface area contributed by atoms with Crippen LogP contribution in [-0.4, -0.2) is 17.7 Å². The average Bonchev–Trinajstić information content (AvgIpc) is 2.38. The highest BCUT2D eigenvalue weighted by atomic mass is 35.5. The molecule has 0 heterocycles. The number of hydrogen-bond donors (Lipinski definition) is 1. The second-order valence-electron chi connectivity index (χ2n) is 4.40. The van der Waals surface area contributed by atoms with Gasteiger partial charge >= 0.3 is 5.97 Å². The first-order chi connectivity index (χ1) is 9.52. The first-order valence-electron chi connectivity index (χ1n) is 6.29. The molecule has 0 fully saturated rings. The lowest BCUT2D eigenvalue weighted by molar-refractivity contribution is 0.0698. The molecule has 20 heavy (non-hydrogen) atoms. The van der Waals surface area contributed by atoms with Gasteiger partial charge in [0.15, 0.2) is 0 Å². The molecule has 0 aliphatic rings. The van der Waals surface area contributed by atoms with Gasteiger partial charge in [-0.25, -0.2) is 4.79 Å². The van der Waals surface area contributed by atoms with Crippen LogP contribution < -0.4 is 4.74 Å². The van der Waals surface area contributed by atoms with Gasteiger partial charge in [-0.2, -0.15) is 0 Å². The van der Waals surface area contributed by atoms with Crippen LogP contribution in [0.4, 0.5) is 0 Å². The standard InChI is InChI=1S/C16H15ClO3/c1-3-20-12-5-7-13(10(2)8-12)15-9-11(17)4-6-14(15)16(18)19/h4-9H,3H2,1-2H3,(H,18,19). The lowest BCUT2D eigenvalue weighted by atomic mass is 9.96. The number of rotatable bonds is 4. The molecule has 0 aliphatic heterocycles. The Morgan fingerprint density at radius 1 is 1.20 bits per heavy atom. The number of carboxylic acid groups (broad SMARTS) is 1. The first kappa shape index (κ1) is 14.4. The Bertz CT molecular complexity index is 650. The van der Waals surface area contributed by atoms with Gasteiger partial charge in [-0.3, -0.25) is 0 Å². The summed E-state index contributed by atoms with van der Waals surface area (Å²) in [5.74, 6) is -0.197. The van der Waals surface area contributed by atoms with Crippen molar-refractivity contribution in [2.24, 2.45) is 0 Å². The molecule has 2 aromatic rings. The number of aromatic carboxylic acids is 1. The van der Waals surface area contributed by atoms with Crippen LogP contribution in [0, 0.1) is 6.92 Å². The van der Waals surface area contributed by atoms with Gasteiger partial charge in [0.05, 0.1) is 12.2 Å². The van der Waals surface area contributed by atoms with E-state index < -0.39 is 5.97 Å². The Hall–Kier alpha value is -2.00. The predicted molar refractivity (Wildman–Crippen MR) is 79.8 cm³/mol. The third-order valence-electron chi connectivity index (χ3n) is 3.01. The second kappa shape index (κ2) is 5.97. The zero-order valence-corrected chi connectivity index (χ0v) is 12.1. The van der Waals surface area contributed by atoms with Crippen molar-refractivity contribution in [3.63, 3.8) is 0 Å². The molecule has 0 saturated heterocycles. The van der Waals surface area contributed by atoms with Crippen LogP contribution in [0.5, 0.6) is 5.75 Å². The highest BCUT2D eigenvalue weighted by Gasteiger charge is 2.14. The molecule has 104 valence electrons. The number of aryl methyl sites for hydroxylation is 1. The Kier molecular flexibility index (Phi) is 4.30. The van der Waals surface area contributed by atoms with E-state index in [1.807, 2.05) is 32.0 Å². The quantitative estimate of drug-likeness (QED) is 0.907. The summed E-state index contributed by atoms with van der Waals surface area (Å²) in [6.07, 6.45) is 0. The van der Waals surface area contributed by atoms with E-state index in [9.17, 15) is 9.90 Å². The zero-order chi connectivity index (χ0) is 14.7. The van der Waals surface area contributed by atoms with E-state index in [1.54, 1.807) is 12.1 Å². The van der Waals surface area contributed by atoms with Gasteiger partial charge < -0.3 is 9.84 Å². The molecular weight excluding hydrogens is 276 g/mol. The third-order valence-corrected chi connectivity index (χ3v) is 3.25. The summed E-state index contributed by atoms with van der Waals surface area (Å²) in [7, 11) is 0. The van der Waals surface area contributed by atoms with Gasteiger partial charge in [-0.05, 0) is 60.9 Å². The molecule has 3 nitrogen and oxygen atoms in total. The Morgan fingerprint density at radius 2 is 1.95 bits per heavy atom. The maximum atomic E-state index is 11.3. The van der Waals surface area contributed by atoms with Crippen molar-refractivity contribution in [1.82, 2.24) is 0 Å². The number of halogens is 1. The second-order valence-corrected chi connectivity index (χ2v) is 4.84. The van der Waals surface area contributed by atoms with E-state index in [4.69, 9.17) is 16.3 Å². The van der Waals surface area contributed by atoms with E-state index in [-0.39, 0.29) is 5.56 Å². The summed E-state index contributed by atoms with van der Waals surface area (Å²) in [6.45, 7) is 4.43. The fourth-order valence-electron chi connectivity index (χ4n) is 2.12. The molecule has 0 atom stereocenters. The van der Waals surface area contributed by atoms with Crippen molar-refractivity contribution >= 4 is 17.6 Å². The van der Waals surface area contributed by atoms with Gasteiger partial charge in [-0.1, -0.05) is 17.7 Å². The summed E-state index contributed by atoms with van der Waals surface area (Å²) in [5, 5.41) is 9.79. The topological polar surface area (TPSA) is 46.5 Å². The molecular formula is C16H15ClO3. The van der Waals surface area contributed by atoms with Crippen molar-refractivity contribution in [2.75, 3.05) is 6.61 Å². The van der Waals surface area contributed by atoms with Crippen molar-refractivity contribution in [3.8, 4) is 16.9 Å². The Labute approximate surface area is 122 Å². The van der Waals surface area contributed by atoms with Crippen LogP contribution in [0.3, 0.4) is 0 Å². The van der Waals surface area contributed by atoms with Crippen LogP contribution >= 0.6 is 11.6 Å². The molecule has 1 N–H and O–H groups in total. The summed E-state index contributed by atoms with van der Waals surface area (Å²) in [6, 6.07) is 10.4. The smallest absolute Gasteiger partial charge is 0.336 e. The summed E-state index contributed by atoms with van der Waals surface area (Å²) >= 11 is 5.99. The highest BCUT2D eigenvalue weighted by molar-refractivity contribution is 6.31. The third kappa shape index (κ3) is 2.94. The largest absolute Gasteiger partial charge is 0.494 e. The van der Waals surface area contributed by atoms with E-state index in [0.717, 1.165) is 16.9 Å². The minimum Gasteiger partial charge on any atom is -0.494 e. The van der Waals surface area contributed by atoms with Crippen LogP contribution in [0.2, 0.25) is 5.02 Å². The SMILES string of the molecule is CCOc1ccc(-c2cc(Cl)ccc2C(=O)O)c(C)c1. The van der Waals surface area contributed by atoms with E-state index in [0.29, 0.717) is 17.2 Å². The van der Waals surface area contributed by atoms with Crippen molar-refractivity contribution in [1.29, 1.82) is 0 Å². The lowest BCUT2D eigenvalue weighted by Gasteiger charge is -2.12. The van der Waals surface area contributed by atoms with Crippen LogP contribution in [0.1, 0.15) is 22.8 Å². The Morgan fingerprint density at radius 3 is 2.55 bits per heavy atom. The maximum Gasteiger partial charge on any atom is 0.336 e. The number of carbonyl (C=O) groups is 1. The summed E-state index contributed by atoms with van der Waals surface area (Å²) in [5.41, 5.74) is 2.64. The Balaban J connectivity index is 2.56. The molecule has 2 aromatic carbocycles. The molecule has 0 aliphatic carbocycles. The minimum atomic E-state index is -0.968. The molecule has 0 spiro atoms. The zero-order valence-electron chi connectivity index (χ0n) is 11.3. The summed E-state index contributed by atoms with van der Waals surface area (Å²) in [4.78, 5) is 11.3. The van der Waals surface area contributed by atoms with Gasteiger partial charge in [0.25, 0.3) is 0 Å². The molecule has 2 rings (SSSR count). The van der Waals surface area contributed by atoms with Gasteiger partial charge in [-0.15, -0.1) is 0 Å². The number of benzene rings is 2. The van der Waals surface area contributed by atoms with Gasteiger partial charge in [0.2, 0.25) is 0 Å². The fourth-order valence-corrected chi connectivity index (χ4v) is 2.29. The first-order valence-corrected chi connectivity index (χ1v) is 6.67. The van der Waals surface area contributed by atoms with Crippen LogP contribution in [0.25, 0.3) is 11.1 Å². The van der Waals surface area contributed by atoms with Crippen molar-refractivity contribution < 1.29 is 14.6 Å². The van der Waals surface area contributed by atoms with E-state index in [2.05, 4.69) is 0 Å². The van der Waals surface area contributed by atoms with Gasteiger partial charge in [0, 0.05) is 5.02 Å². The fraction of sp³-hybridized carbons (Fsp3) is 0.188. The lowest BCUT2D eigenvalue weighted by Crippen LogP contribution is -2.00. The number of hydrogen-bond acceptors (Lipinski definition) is 2.